The standard InChI is InChI=1S/C31H48O6/c1-17(2)9-8-10-20(28(35)36)26-22-15-24(34)27-29(5)13-12-23(33)18(3)21(29)11-14-30(27,6)31(22,7)16-25(26)37-19(4)32/h9,18,21-25,27,33-34H,8,10-16H2,1-7H3,(H,35,36)/b26-20+/t18-,21-,22?,23+,24+,25-,27?,29?,30-,31?/m0/s1. The molecule has 0 aromatic carbocycles. The van der Waals surface area contributed by atoms with Crippen molar-refractivity contribution in [3.05, 3.63) is 22.8 Å². The Morgan fingerprint density at radius 3 is 2.30 bits per heavy atom. The van der Waals surface area contributed by atoms with E-state index in [1.54, 1.807) is 0 Å². The lowest BCUT2D eigenvalue weighted by atomic mass is 9.36. The van der Waals surface area contributed by atoms with Crippen LogP contribution < -0.4 is 0 Å². The Kier molecular flexibility index (Phi) is 7.53. The van der Waals surface area contributed by atoms with Gasteiger partial charge in [-0.1, -0.05) is 39.3 Å². The molecule has 0 heterocycles. The van der Waals surface area contributed by atoms with Crippen LogP contribution in [-0.2, 0) is 14.3 Å². The number of hydrogen-bond acceptors (Lipinski definition) is 5. The smallest absolute Gasteiger partial charge is 0.331 e. The maximum absolute atomic E-state index is 12.6. The van der Waals surface area contributed by atoms with Gasteiger partial charge in [0.25, 0.3) is 0 Å². The van der Waals surface area contributed by atoms with E-state index in [1.807, 2.05) is 19.9 Å². The predicted molar refractivity (Wildman–Crippen MR) is 143 cm³/mol. The largest absolute Gasteiger partial charge is 0.478 e. The van der Waals surface area contributed by atoms with Crippen LogP contribution in [0.1, 0.15) is 99.8 Å². The molecule has 3 N–H and O–H groups in total. The first-order chi connectivity index (χ1) is 17.2. The number of allylic oxidation sites excluding steroid dienone is 2. The van der Waals surface area contributed by atoms with Crippen molar-refractivity contribution in [2.24, 2.45) is 39.9 Å². The van der Waals surface area contributed by atoms with Crippen LogP contribution in [0.15, 0.2) is 22.8 Å². The minimum atomic E-state index is -0.953. The molecule has 10 atom stereocenters. The third-order valence-electron chi connectivity index (χ3n) is 11.6. The summed E-state index contributed by atoms with van der Waals surface area (Å²) >= 11 is 0. The molecule has 0 aromatic rings. The molecule has 0 saturated heterocycles. The van der Waals surface area contributed by atoms with Crippen molar-refractivity contribution in [1.29, 1.82) is 0 Å². The number of carboxylic acids is 1. The zero-order chi connectivity index (χ0) is 27.5. The fourth-order valence-corrected chi connectivity index (χ4v) is 9.79. The Morgan fingerprint density at radius 1 is 1.03 bits per heavy atom. The zero-order valence-electron chi connectivity index (χ0n) is 23.8. The van der Waals surface area contributed by atoms with Crippen LogP contribution in [0.25, 0.3) is 0 Å². The summed E-state index contributed by atoms with van der Waals surface area (Å²) in [4.78, 5) is 24.8. The van der Waals surface area contributed by atoms with Gasteiger partial charge in [0.05, 0.1) is 12.2 Å². The monoisotopic (exact) mass is 516 g/mol. The lowest BCUT2D eigenvalue weighted by Gasteiger charge is -2.69. The second kappa shape index (κ2) is 9.82. The van der Waals surface area contributed by atoms with Gasteiger partial charge in [-0.3, -0.25) is 4.79 Å². The van der Waals surface area contributed by atoms with Gasteiger partial charge in [0.1, 0.15) is 6.10 Å². The highest BCUT2D eigenvalue weighted by atomic mass is 16.5. The third kappa shape index (κ3) is 4.40. The first-order valence-corrected chi connectivity index (χ1v) is 14.3. The van der Waals surface area contributed by atoms with Crippen LogP contribution in [-0.4, -0.2) is 45.6 Å². The summed E-state index contributed by atoms with van der Waals surface area (Å²) in [5.41, 5.74) is 1.57. The molecule has 0 bridgehead atoms. The number of aliphatic hydroxyl groups is 2. The number of aliphatic carboxylic acids is 1. The molecule has 4 unspecified atom stereocenters. The number of carbonyl (C=O) groups is 2. The van der Waals surface area contributed by atoms with Crippen molar-refractivity contribution in [2.75, 3.05) is 0 Å². The van der Waals surface area contributed by atoms with E-state index in [2.05, 4.69) is 27.7 Å². The Labute approximate surface area is 222 Å². The van der Waals surface area contributed by atoms with Gasteiger partial charge in [0.2, 0.25) is 0 Å². The number of fused-ring (bicyclic) bond motifs is 5. The fourth-order valence-electron chi connectivity index (χ4n) is 9.79. The molecule has 0 amide bonds. The first kappa shape index (κ1) is 28.4. The number of hydrogen-bond donors (Lipinski definition) is 3. The molecule has 0 aromatic heterocycles. The average molecular weight is 517 g/mol. The van der Waals surface area contributed by atoms with E-state index in [9.17, 15) is 24.9 Å². The molecule has 6 nitrogen and oxygen atoms in total. The van der Waals surface area contributed by atoms with Crippen molar-refractivity contribution >= 4 is 11.9 Å². The van der Waals surface area contributed by atoms with E-state index in [0.717, 1.165) is 36.8 Å². The molecular weight excluding hydrogens is 468 g/mol. The molecule has 0 aliphatic heterocycles. The van der Waals surface area contributed by atoms with E-state index < -0.39 is 24.1 Å². The number of carbonyl (C=O) groups excluding carboxylic acids is 1. The summed E-state index contributed by atoms with van der Waals surface area (Å²) in [6.07, 6.45) is 6.22. The van der Waals surface area contributed by atoms with Crippen LogP contribution in [0.3, 0.4) is 0 Å². The second-order valence-corrected chi connectivity index (χ2v) is 13.6. The van der Waals surface area contributed by atoms with Crippen molar-refractivity contribution in [2.45, 2.75) is 118 Å². The normalized spacial score (nSPS) is 46.2. The Morgan fingerprint density at radius 2 is 1.70 bits per heavy atom. The quantitative estimate of drug-likeness (QED) is 0.247. The van der Waals surface area contributed by atoms with E-state index in [4.69, 9.17) is 4.74 Å². The van der Waals surface area contributed by atoms with Gasteiger partial charge in [0, 0.05) is 12.5 Å². The molecular formula is C31H48O6. The molecule has 208 valence electrons. The highest BCUT2D eigenvalue weighted by Crippen LogP contribution is 2.74. The van der Waals surface area contributed by atoms with Gasteiger partial charge >= 0.3 is 11.9 Å². The molecule has 4 aliphatic carbocycles. The Balaban J connectivity index is 1.82. The summed E-state index contributed by atoms with van der Waals surface area (Å²) in [6.45, 7) is 14.5. The summed E-state index contributed by atoms with van der Waals surface area (Å²) in [6, 6.07) is 0. The van der Waals surface area contributed by atoms with Crippen molar-refractivity contribution < 1.29 is 29.6 Å². The predicted octanol–water partition coefficient (Wildman–Crippen LogP) is 5.67. The Bertz CT molecular complexity index is 994. The minimum Gasteiger partial charge on any atom is -0.478 e. The first-order valence-electron chi connectivity index (χ1n) is 14.3. The Hall–Kier alpha value is -1.66. The third-order valence-corrected chi connectivity index (χ3v) is 11.6. The van der Waals surface area contributed by atoms with Gasteiger partial charge < -0.3 is 20.1 Å². The molecule has 4 rings (SSSR count). The van der Waals surface area contributed by atoms with Gasteiger partial charge in [-0.15, -0.1) is 0 Å². The van der Waals surface area contributed by atoms with Crippen molar-refractivity contribution in [3.63, 3.8) is 0 Å². The second-order valence-electron chi connectivity index (χ2n) is 13.6. The highest BCUT2D eigenvalue weighted by Gasteiger charge is 2.70. The summed E-state index contributed by atoms with van der Waals surface area (Å²) in [7, 11) is 0. The van der Waals surface area contributed by atoms with E-state index in [-0.39, 0.29) is 40.1 Å². The van der Waals surface area contributed by atoms with Gasteiger partial charge in [-0.2, -0.15) is 0 Å². The van der Waals surface area contributed by atoms with E-state index >= 15 is 0 Å². The van der Waals surface area contributed by atoms with Crippen LogP contribution in [0.5, 0.6) is 0 Å². The number of carboxylic acid groups (broad SMARTS) is 1. The van der Waals surface area contributed by atoms with Gasteiger partial charge in [0.15, 0.2) is 0 Å². The number of rotatable bonds is 5. The minimum absolute atomic E-state index is 0.0474. The number of esters is 1. The van der Waals surface area contributed by atoms with E-state index in [1.165, 1.54) is 6.92 Å². The number of ether oxygens (including phenoxy) is 1. The zero-order valence-corrected chi connectivity index (χ0v) is 23.8. The average Bonchev–Trinajstić information content (AvgIpc) is 3.05. The molecule has 4 aliphatic rings. The van der Waals surface area contributed by atoms with Crippen LogP contribution in [0.2, 0.25) is 0 Å². The number of aliphatic hydroxyl groups excluding tert-OH is 2. The van der Waals surface area contributed by atoms with Crippen LogP contribution in [0.4, 0.5) is 0 Å². The highest BCUT2D eigenvalue weighted by molar-refractivity contribution is 5.88. The van der Waals surface area contributed by atoms with Gasteiger partial charge in [-0.25, -0.2) is 4.79 Å². The maximum atomic E-state index is 12.6. The molecule has 4 fully saturated rings. The van der Waals surface area contributed by atoms with Crippen LogP contribution >= 0.6 is 0 Å². The summed E-state index contributed by atoms with van der Waals surface area (Å²) in [5, 5.41) is 32.9. The summed E-state index contributed by atoms with van der Waals surface area (Å²) < 4.78 is 5.87. The summed E-state index contributed by atoms with van der Waals surface area (Å²) in [5.74, 6) is -0.909. The topological polar surface area (TPSA) is 104 Å². The fraction of sp³-hybridized carbons (Fsp3) is 0.806. The molecule has 0 radical (unpaired) electrons. The van der Waals surface area contributed by atoms with E-state index in [0.29, 0.717) is 37.2 Å². The lowest BCUT2D eigenvalue weighted by Crippen LogP contribution is -2.65. The molecule has 4 saturated carbocycles. The maximum Gasteiger partial charge on any atom is 0.331 e. The molecule has 37 heavy (non-hydrogen) atoms. The lowest BCUT2D eigenvalue weighted by molar-refractivity contribution is -0.234. The van der Waals surface area contributed by atoms with Crippen molar-refractivity contribution in [1.82, 2.24) is 0 Å². The SMILES string of the molecule is CC(=O)O[C@H]1CC2(C)C(C[C@@H](O)C3C4(C)CC[C@@H](O)[C@@H](C)[C@@H]4CC[C@@]32C)/C1=C(/CCC=C(C)C)C(=O)O. The van der Waals surface area contributed by atoms with Gasteiger partial charge in [-0.05, 0) is 111 Å². The van der Waals surface area contributed by atoms with Crippen molar-refractivity contribution in [3.8, 4) is 0 Å². The van der Waals surface area contributed by atoms with Crippen LogP contribution in [0, 0.1) is 39.9 Å². The molecule has 0 spiro atoms. The molecule has 6 heteroatoms.